The molecule has 0 aliphatic rings. The summed E-state index contributed by atoms with van der Waals surface area (Å²) in [5, 5.41) is 0. The van der Waals surface area contributed by atoms with Crippen molar-refractivity contribution in [3.63, 3.8) is 0 Å². The third kappa shape index (κ3) is 379000. The van der Waals surface area contributed by atoms with Crippen LogP contribution in [0.25, 0.3) is 0 Å². The largest absolute Gasteiger partial charge is 0.333 e. The maximum Gasteiger partial charge on any atom is 0.324 e. The van der Waals surface area contributed by atoms with Crippen molar-refractivity contribution >= 4 is 8.69 Å². The van der Waals surface area contributed by atoms with E-state index < -0.39 is 8.69 Å². The number of hydrogen-bond donors (Lipinski definition) is 1. The summed E-state index contributed by atoms with van der Waals surface area (Å²) < 4.78 is 9.46. The summed E-state index contributed by atoms with van der Waals surface area (Å²) in [6, 6.07) is 0. The molecule has 1 N–H and O–H groups in total. The Kier molecular flexibility index (Phi) is 7.04. The topological polar surface area (TPSA) is 37.3 Å². The Hall–Kier alpha value is 0.0200. The maximum atomic E-state index is 8.46. The lowest BCUT2D eigenvalue weighted by Gasteiger charge is -2.14. The van der Waals surface area contributed by atoms with Gasteiger partial charge < -0.3 is 9.38 Å². The molecular weight excluding hydrogens is 125 g/mol. The van der Waals surface area contributed by atoms with Gasteiger partial charge >= 0.3 is 8.69 Å². The molecule has 0 saturated heterocycles. The summed E-state index contributed by atoms with van der Waals surface area (Å²) in [5.41, 5.74) is 0. The first-order valence-corrected chi connectivity index (χ1v) is 2.94. The molecule has 0 rings (SSSR count). The van der Waals surface area contributed by atoms with Crippen molar-refractivity contribution < 1.29 is 13.9 Å². The zero-order valence-corrected chi connectivity index (χ0v) is 6.64. The van der Waals surface area contributed by atoms with Crippen LogP contribution >= 0.6 is 8.69 Å². The van der Waals surface area contributed by atoms with E-state index >= 15 is 0 Å². The fourth-order valence-corrected chi connectivity index (χ4v) is 0. The second-order valence-corrected chi connectivity index (χ2v) is 2.93. The van der Waals surface area contributed by atoms with E-state index in [1.165, 1.54) is 0 Å². The smallest absolute Gasteiger partial charge is 0.324 e. The molecule has 3 nitrogen and oxygen atoms in total. The predicted octanol–water partition coefficient (Wildman–Crippen LogP) is 0.508. The van der Waals surface area contributed by atoms with E-state index in [-0.39, 0.29) is 0 Å². The van der Waals surface area contributed by atoms with Gasteiger partial charge in [-0.3, -0.25) is 0 Å². The summed E-state index contributed by atoms with van der Waals surface area (Å²) in [4.78, 5) is 6.99. The van der Waals surface area contributed by atoms with E-state index in [1.807, 2.05) is 0 Å². The van der Waals surface area contributed by atoms with Gasteiger partial charge in [-0.15, -0.1) is 0 Å². The summed E-state index contributed by atoms with van der Waals surface area (Å²) >= 11 is 0. The first kappa shape index (κ1) is 10.9. The lowest BCUT2D eigenvalue weighted by molar-refractivity contribution is -0.849. The summed E-state index contributed by atoms with van der Waals surface area (Å²) in [5.74, 6) is 0. The molecule has 8 heavy (non-hydrogen) atoms. The molecule has 0 aromatic carbocycles. The van der Waals surface area contributed by atoms with E-state index in [2.05, 4.69) is 28.2 Å². The fraction of sp³-hybridized carbons (Fsp3) is 1.00. The Morgan fingerprint density at radius 1 is 1.25 bits per heavy atom. The third-order valence-electron chi connectivity index (χ3n) is 0. The van der Waals surface area contributed by atoms with Crippen molar-refractivity contribution in [2.45, 2.75) is 0 Å². The van der Waals surface area contributed by atoms with E-state index in [4.69, 9.17) is 9.46 Å². The highest BCUT2D eigenvalue weighted by Crippen LogP contribution is 1.73. The molecule has 4 heteroatoms. The van der Waals surface area contributed by atoms with Crippen LogP contribution in [-0.4, -0.2) is 37.6 Å². The minimum atomic E-state index is -0.833. The third-order valence-corrected chi connectivity index (χ3v) is 0. The van der Waals surface area contributed by atoms with Gasteiger partial charge in [-0.1, -0.05) is 0 Å². The molecular formula is C4H13NO2P+. The Morgan fingerprint density at radius 2 is 1.25 bits per heavy atom. The lowest BCUT2D eigenvalue weighted by atomic mass is 10.8. The van der Waals surface area contributed by atoms with E-state index in [9.17, 15) is 0 Å². The summed E-state index contributed by atoms with van der Waals surface area (Å²) in [6.45, 7) is 0. The second kappa shape index (κ2) is 5.16. The molecule has 0 amide bonds. The van der Waals surface area contributed by atoms with Crippen LogP contribution in [0, 0.1) is 0 Å². The first-order chi connectivity index (χ1) is 3.41. The quantitative estimate of drug-likeness (QED) is 0.391. The minimum Gasteiger partial charge on any atom is -0.333 e. The maximum absolute atomic E-state index is 8.46. The molecule has 0 bridgehead atoms. The summed E-state index contributed by atoms with van der Waals surface area (Å²) in [7, 11) is 7.67. The molecule has 0 saturated carbocycles. The fourth-order valence-electron chi connectivity index (χ4n) is 0. The molecule has 0 aromatic rings. The van der Waals surface area contributed by atoms with Gasteiger partial charge in [-0.25, -0.2) is 4.57 Å². The molecule has 0 spiro atoms. The SMILES string of the molecule is C[N+](C)(C)C.O=PO. The Balaban J connectivity index is 0. The van der Waals surface area contributed by atoms with Gasteiger partial charge in [-0.2, -0.15) is 0 Å². The van der Waals surface area contributed by atoms with Crippen LogP contribution in [0.15, 0.2) is 0 Å². The van der Waals surface area contributed by atoms with Crippen LogP contribution in [0.3, 0.4) is 0 Å². The predicted molar refractivity (Wildman–Crippen MR) is 33.8 cm³/mol. The Bertz CT molecular complexity index is 53.5. The standard InChI is InChI=1S/C4H12N.HO2P/c1-5(2,3)4;1-3-2/h1-4H3;(H,1,2)/q+1;. The van der Waals surface area contributed by atoms with Crippen LogP contribution in [0.4, 0.5) is 0 Å². The van der Waals surface area contributed by atoms with Crippen molar-refractivity contribution in [2.75, 3.05) is 28.2 Å². The molecule has 0 fully saturated rings. The molecule has 0 atom stereocenters. The van der Waals surface area contributed by atoms with Gasteiger partial charge in [0.1, 0.15) is 0 Å². The van der Waals surface area contributed by atoms with Gasteiger partial charge in [0.25, 0.3) is 0 Å². The van der Waals surface area contributed by atoms with Crippen molar-refractivity contribution in [2.24, 2.45) is 0 Å². The average molecular weight is 138 g/mol. The van der Waals surface area contributed by atoms with Gasteiger partial charge in [0.15, 0.2) is 0 Å². The van der Waals surface area contributed by atoms with Crippen molar-refractivity contribution in [1.29, 1.82) is 0 Å². The summed E-state index contributed by atoms with van der Waals surface area (Å²) in [6.07, 6.45) is 0. The number of rotatable bonds is 0. The number of quaternary nitrogens is 1. The lowest BCUT2D eigenvalue weighted by Crippen LogP contribution is -2.27. The number of hydrogen-bond acceptors (Lipinski definition) is 1. The van der Waals surface area contributed by atoms with Gasteiger partial charge in [0.2, 0.25) is 0 Å². The van der Waals surface area contributed by atoms with E-state index in [0.29, 0.717) is 0 Å². The Labute approximate surface area is 51.8 Å². The van der Waals surface area contributed by atoms with Gasteiger partial charge in [-0.05, 0) is 0 Å². The zero-order chi connectivity index (χ0) is 7.21. The second-order valence-electron chi connectivity index (χ2n) is 2.76. The monoisotopic (exact) mass is 138 g/mol. The van der Waals surface area contributed by atoms with Crippen molar-refractivity contribution in [1.82, 2.24) is 0 Å². The van der Waals surface area contributed by atoms with E-state index in [0.717, 1.165) is 4.48 Å². The van der Waals surface area contributed by atoms with Gasteiger partial charge in [0.05, 0.1) is 28.2 Å². The van der Waals surface area contributed by atoms with Crippen LogP contribution in [0.1, 0.15) is 0 Å². The van der Waals surface area contributed by atoms with Crippen LogP contribution in [-0.2, 0) is 4.57 Å². The first-order valence-electron chi connectivity index (χ1n) is 2.17. The van der Waals surface area contributed by atoms with Crippen molar-refractivity contribution in [3.05, 3.63) is 0 Å². The van der Waals surface area contributed by atoms with Crippen LogP contribution in [0.2, 0.25) is 0 Å². The van der Waals surface area contributed by atoms with Crippen molar-refractivity contribution in [3.8, 4) is 0 Å². The van der Waals surface area contributed by atoms with Crippen LogP contribution < -0.4 is 0 Å². The average Bonchev–Trinajstić information content (AvgIpc) is 1.27. The van der Waals surface area contributed by atoms with Crippen LogP contribution in [0.5, 0.6) is 0 Å². The highest BCUT2D eigenvalue weighted by Gasteiger charge is 1.88. The number of nitrogens with zero attached hydrogens (tertiary/aromatic N) is 1. The molecule has 50 valence electrons. The van der Waals surface area contributed by atoms with Gasteiger partial charge in [0, 0.05) is 0 Å². The molecule has 0 radical (unpaired) electrons. The highest BCUT2D eigenvalue weighted by molar-refractivity contribution is 7.16. The van der Waals surface area contributed by atoms with E-state index in [1.54, 1.807) is 0 Å². The zero-order valence-electron chi connectivity index (χ0n) is 5.75. The highest BCUT2D eigenvalue weighted by atomic mass is 31.1. The molecule has 0 aliphatic carbocycles. The molecule has 0 aliphatic heterocycles. The molecule has 0 unspecified atom stereocenters. The minimum absolute atomic E-state index is 0.833. The Morgan fingerprint density at radius 3 is 1.25 bits per heavy atom. The molecule has 0 aromatic heterocycles. The normalized spacial score (nSPS) is 10.1. The molecule has 0 heterocycles.